The molecule has 0 amide bonds. The minimum Gasteiger partial charge on any atom is -0.367 e. The first-order chi connectivity index (χ1) is 6.41. The van der Waals surface area contributed by atoms with Gasteiger partial charge in [-0.3, -0.25) is 0 Å². The summed E-state index contributed by atoms with van der Waals surface area (Å²) in [5.41, 5.74) is -0.426. The standard InChI is InChI=1S/C10H20N2O2/c1-8-7-11-5-6-12(8)14-9(13)10(2,3)4/h8,11H,5-7H2,1-4H3/t8-/m0/s1. The van der Waals surface area contributed by atoms with Gasteiger partial charge in [-0.05, 0) is 27.7 Å². The van der Waals surface area contributed by atoms with Crippen LogP contribution in [0.4, 0.5) is 0 Å². The lowest BCUT2D eigenvalue weighted by Crippen LogP contribution is -2.51. The van der Waals surface area contributed by atoms with E-state index < -0.39 is 5.41 Å². The van der Waals surface area contributed by atoms with Gasteiger partial charge in [-0.2, -0.15) is 0 Å². The number of rotatable bonds is 1. The van der Waals surface area contributed by atoms with Crippen LogP contribution in [0.2, 0.25) is 0 Å². The highest BCUT2D eigenvalue weighted by Crippen LogP contribution is 2.17. The van der Waals surface area contributed by atoms with Gasteiger partial charge in [0.25, 0.3) is 0 Å². The highest BCUT2D eigenvalue weighted by molar-refractivity contribution is 5.75. The summed E-state index contributed by atoms with van der Waals surface area (Å²) in [6.45, 7) is 10.1. The van der Waals surface area contributed by atoms with Crippen molar-refractivity contribution in [1.29, 1.82) is 0 Å². The van der Waals surface area contributed by atoms with E-state index in [0.717, 1.165) is 19.6 Å². The molecule has 1 aliphatic rings. The second-order valence-electron chi connectivity index (χ2n) is 4.82. The molecule has 0 saturated carbocycles. The Morgan fingerprint density at radius 2 is 2.14 bits per heavy atom. The molecule has 0 aliphatic carbocycles. The van der Waals surface area contributed by atoms with Crippen LogP contribution in [-0.4, -0.2) is 36.7 Å². The second kappa shape index (κ2) is 4.28. The molecule has 0 radical (unpaired) electrons. The SMILES string of the molecule is C[C@H]1CNCCN1OC(=O)C(C)(C)C. The lowest BCUT2D eigenvalue weighted by atomic mass is 9.98. The van der Waals surface area contributed by atoms with Gasteiger partial charge in [0, 0.05) is 19.6 Å². The average molecular weight is 200 g/mol. The van der Waals surface area contributed by atoms with E-state index in [0.29, 0.717) is 0 Å². The van der Waals surface area contributed by atoms with Gasteiger partial charge < -0.3 is 10.2 Å². The Morgan fingerprint density at radius 3 is 2.64 bits per heavy atom. The maximum atomic E-state index is 11.6. The number of hydrogen-bond acceptors (Lipinski definition) is 4. The molecule has 1 aliphatic heterocycles. The monoisotopic (exact) mass is 200 g/mol. The highest BCUT2D eigenvalue weighted by atomic mass is 16.7. The average Bonchev–Trinajstić information content (AvgIpc) is 2.07. The van der Waals surface area contributed by atoms with Crippen LogP contribution in [-0.2, 0) is 9.63 Å². The number of piperazine rings is 1. The van der Waals surface area contributed by atoms with E-state index in [4.69, 9.17) is 4.84 Å². The largest absolute Gasteiger partial charge is 0.367 e. The molecule has 1 rings (SSSR count). The Bertz CT molecular complexity index is 211. The molecular weight excluding hydrogens is 180 g/mol. The fourth-order valence-corrected chi connectivity index (χ4v) is 1.20. The maximum absolute atomic E-state index is 11.6. The molecule has 1 fully saturated rings. The summed E-state index contributed by atoms with van der Waals surface area (Å²) in [5.74, 6) is -0.161. The molecule has 1 saturated heterocycles. The van der Waals surface area contributed by atoms with Gasteiger partial charge in [0.2, 0.25) is 0 Å². The molecule has 0 aromatic rings. The zero-order valence-corrected chi connectivity index (χ0v) is 9.46. The summed E-state index contributed by atoms with van der Waals surface area (Å²) >= 11 is 0. The maximum Gasteiger partial charge on any atom is 0.330 e. The number of carbonyl (C=O) groups excluding carboxylic acids is 1. The Morgan fingerprint density at radius 1 is 1.50 bits per heavy atom. The highest BCUT2D eigenvalue weighted by Gasteiger charge is 2.28. The van der Waals surface area contributed by atoms with Crippen LogP contribution in [0.5, 0.6) is 0 Å². The normalized spacial score (nSPS) is 24.7. The number of carbonyl (C=O) groups is 1. The van der Waals surface area contributed by atoms with Crippen LogP contribution in [0.3, 0.4) is 0 Å². The first kappa shape index (κ1) is 11.5. The molecule has 14 heavy (non-hydrogen) atoms. The molecule has 0 unspecified atom stereocenters. The van der Waals surface area contributed by atoms with Crippen molar-refractivity contribution in [1.82, 2.24) is 10.4 Å². The molecule has 1 N–H and O–H groups in total. The van der Waals surface area contributed by atoms with Crippen molar-refractivity contribution in [3.8, 4) is 0 Å². The van der Waals surface area contributed by atoms with Crippen LogP contribution in [0.1, 0.15) is 27.7 Å². The van der Waals surface area contributed by atoms with E-state index in [2.05, 4.69) is 5.32 Å². The Labute approximate surface area is 85.6 Å². The summed E-state index contributed by atoms with van der Waals surface area (Å²) < 4.78 is 0. The molecule has 0 bridgehead atoms. The Balaban J connectivity index is 2.46. The van der Waals surface area contributed by atoms with Crippen LogP contribution >= 0.6 is 0 Å². The van der Waals surface area contributed by atoms with Crippen LogP contribution in [0.15, 0.2) is 0 Å². The first-order valence-corrected chi connectivity index (χ1v) is 5.11. The summed E-state index contributed by atoms with van der Waals surface area (Å²) in [4.78, 5) is 16.9. The molecular formula is C10H20N2O2. The predicted octanol–water partition coefficient (Wildman–Crippen LogP) is 0.784. The zero-order valence-electron chi connectivity index (χ0n) is 9.46. The van der Waals surface area contributed by atoms with Gasteiger partial charge in [0.15, 0.2) is 0 Å². The van der Waals surface area contributed by atoms with Gasteiger partial charge in [0.05, 0.1) is 11.5 Å². The third-order valence-corrected chi connectivity index (χ3v) is 2.25. The molecule has 0 spiro atoms. The molecule has 1 heterocycles. The van der Waals surface area contributed by atoms with Crippen molar-refractivity contribution in [3.05, 3.63) is 0 Å². The van der Waals surface area contributed by atoms with E-state index in [-0.39, 0.29) is 12.0 Å². The summed E-state index contributed by atoms with van der Waals surface area (Å²) in [6.07, 6.45) is 0. The topological polar surface area (TPSA) is 41.6 Å². The van der Waals surface area contributed by atoms with Crippen molar-refractivity contribution in [2.24, 2.45) is 5.41 Å². The third kappa shape index (κ3) is 2.96. The van der Waals surface area contributed by atoms with Crippen molar-refractivity contribution in [2.45, 2.75) is 33.7 Å². The van der Waals surface area contributed by atoms with Crippen LogP contribution in [0, 0.1) is 5.41 Å². The molecule has 1 atom stereocenters. The zero-order chi connectivity index (χ0) is 10.8. The van der Waals surface area contributed by atoms with Gasteiger partial charge in [-0.15, -0.1) is 5.06 Å². The molecule has 4 heteroatoms. The third-order valence-electron chi connectivity index (χ3n) is 2.25. The van der Waals surface area contributed by atoms with Gasteiger partial charge in [-0.25, -0.2) is 4.79 Å². The van der Waals surface area contributed by atoms with Gasteiger partial charge in [-0.1, -0.05) is 0 Å². The molecule has 4 nitrogen and oxygen atoms in total. The predicted molar refractivity (Wildman–Crippen MR) is 54.6 cm³/mol. The smallest absolute Gasteiger partial charge is 0.330 e. The van der Waals surface area contributed by atoms with Crippen molar-refractivity contribution in [3.63, 3.8) is 0 Å². The number of hydroxylamine groups is 2. The van der Waals surface area contributed by atoms with Crippen molar-refractivity contribution >= 4 is 5.97 Å². The Hall–Kier alpha value is -0.610. The minimum atomic E-state index is -0.426. The van der Waals surface area contributed by atoms with Crippen LogP contribution < -0.4 is 5.32 Å². The van der Waals surface area contributed by atoms with Gasteiger partial charge in [0.1, 0.15) is 0 Å². The second-order valence-corrected chi connectivity index (χ2v) is 4.82. The fraction of sp³-hybridized carbons (Fsp3) is 0.900. The Kier molecular flexibility index (Phi) is 3.50. The van der Waals surface area contributed by atoms with Crippen molar-refractivity contribution in [2.75, 3.05) is 19.6 Å². The van der Waals surface area contributed by atoms with E-state index in [1.165, 1.54) is 0 Å². The molecule has 82 valence electrons. The van der Waals surface area contributed by atoms with Crippen LogP contribution in [0.25, 0.3) is 0 Å². The number of nitrogens with one attached hydrogen (secondary N) is 1. The van der Waals surface area contributed by atoms with E-state index >= 15 is 0 Å². The minimum absolute atomic E-state index is 0.161. The van der Waals surface area contributed by atoms with Crippen molar-refractivity contribution < 1.29 is 9.63 Å². The summed E-state index contributed by atoms with van der Waals surface area (Å²) in [5, 5.41) is 5.01. The lowest BCUT2D eigenvalue weighted by molar-refractivity contribution is -0.212. The summed E-state index contributed by atoms with van der Waals surface area (Å²) in [7, 11) is 0. The number of hydrogen-bond donors (Lipinski definition) is 1. The van der Waals surface area contributed by atoms with Gasteiger partial charge >= 0.3 is 5.97 Å². The fourth-order valence-electron chi connectivity index (χ4n) is 1.20. The van der Waals surface area contributed by atoms with E-state index in [1.807, 2.05) is 27.7 Å². The number of nitrogens with zero attached hydrogens (tertiary/aromatic N) is 1. The molecule has 0 aromatic carbocycles. The molecule has 0 aromatic heterocycles. The van der Waals surface area contributed by atoms with E-state index in [1.54, 1.807) is 5.06 Å². The van der Waals surface area contributed by atoms with E-state index in [9.17, 15) is 4.79 Å². The summed E-state index contributed by atoms with van der Waals surface area (Å²) in [6, 6.07) is 0.259. The first-order valence-electron chi connectivity index (χ1n) is 5.11. The quantitative estimate of drug-likeness (QED) is 0.679. The lowest BCUT2D eigenvalue weighted by Gasteiger charge is -2.33.